The van der Waals surface area contributed by atoms with Crippen molar-refractivity contribution in [1.29, 1.82) is 0 Å². The molecule has 32 heavy (non-hydrogen) atoms. The van der Waals surface area contributed by atoms with Gasteiger partial charge in [0.2, 0.25) is 0 Å². The van der Waals surface area contributed by atoms with E-state index < -0.39 is 23.1 Å². The number of benzene rings is 2. The molecule has 3 aromatic rings. The molecule has 0 amide bonds. The maximum atomic E-state index is 13.7. The Morgan fingerprint density at radius 1 is 1.12 bits per heavy atom. The number of hydrogen-bond donors (Lipinski definition) is 1. The van der Waals surface area contributed by atoms with Crippen LogP contribution in [0.25, 0.3) is 11.1 Å². The Bertz CT molecular complexity index is 1360. The molecule has 0 radical (unpaired) electrons. The zero-order valence-corrected chi connectivity index (χ0v) is 19.3. The van der Waals surface area contributed by atoms with Crippen LogP contribution >= 0.6 is 23.2 Å². The van der Waals surface area contributed by atoms with E-state index in [-0.39, 0.29) is 17.1 Å². The number of aromatic nitrogens is 1. The standard InChI is InChI=1S/C22H18Cl2FN3O3S/c1-11(27-32(30)31)15-7-16-17(8-20(15)24)22(14-4-3-13(25)6-19(14)23)26-9-12-5-21(29)28(2)10-18(12)16/h3-8,10-11,27H,9H2,1-2H3,(H,30,31)/p-1. The predicted octanol–water partition coefficient (Wildman–Crippen LogP) is 4.29. The second kappa shape index (κ2) is 8.88. The lowest BCUT2D eigenvalue weighted by molar-refractivity contribution is 0.512. The summed E-state index contributed by atoms with van der Waals surface area (Å²) in [6, 6.07) is 8.43. The smallest absolute Gasteiger partial charge is 0.250 e. The first kappa shape index (κ1) is 22.8. The average Bonchev–Trinajstić information content (AvgIpc) is 2.84. The van der Waals surface area contributed by atoms with Gasteiger partial charge in [-0.15, -0.1) is 0 Å². The third-order valence-electron chi connectivity index (χ3n) is 5.33. The maximum Gasteiger partial charge on any atom is 0.250 e. The van der Waals surface area contributed by atoms with Crippen LogP contribution in [-0.4, -0.2) is 19.0 Å². The van der Waals surface area contributed by atoms with Crippen LogP contribution in [0.15, 0.2) is 52.4 Å². The molecular formula is C22H17Cl2FN3O3S-. The van der Waals surface area contributed by atoms with Crippen molar-refractivity contribution in [3.05, 3.63) is 91.1 Å². The molecule has 2 heterocycles. The summed E-state index contributed by atoms with van der Waals surface area (Å²) in [5.74, 6) is -0.474. The number of pyridine rings is 1. The normalized spacial score (nSPS) is 14.8. The van der Waals surface area contributed by atoms with Crippen LogP contribution in [0.5, 0.6) is 0 Å². The first-order valence-corrected chi connectivity index (χ1v) is 11.4. The van der Waals surface area contributed by atoms with E-state index in [1.807, 2.05) is 0 Å². The van der Waals surface area contributed by atoms with E-state index in [0.29, 0.717) is 38.6 Å². The molecule has 0 saturated carbocycles. The Balaban J connectivity index is 2.01. The van der Waals surface area contributed by atoms with Crippen molar-refractivity contribution in [2.45, 2.75) is 19.5 Å². The molecule has 4 rings (SSSR count). The van der Waals surface area contributed by atoms with Gasteiger partial charge in [-0.1, -0.05) is 23.2 Å². The molecule has 0 fully saturated rings. The molecule has 1 aliphatic heterocycles. The van der Waals surface area contributed by atoms with Crippen LogP contribution < -0.4 is 10.3 Å². The van der Waals surface area contributed by atoms with Crippen molar-refractivity contribution >= 4 is 40.2 Å². The van der Waals surface area contributed by atoms with E-state index >= 15 is 0 Å². The molecule has 10 heteroatoms. The van der Waals surface area contributed by atoms with Gasteiger partial charge in [-0.2, -0.15) is 0 Å². The Kier molecular flexibility index (Phi) is 6.33. The van der Waals surface area contributed by atoms with E-state index in [1.165, 1.54) is 22.8 Å². The molecule has 1 aromatic heterocycles. The first-order valence-electron chi connectivity index (χ1n) is 9.54. The fourth-order valence-electron chi connectivity index (χ4n) is 3.75. The first-order chi connectivity index (χ1) is 15.2. The number of hydrogen-bond acceptors (Lipinski definition) is 4. The van der Waals surface area contributed by atoms with Gasteiger partial charge in [-0.25, -0.2) is 9.11 Å². The van der Waals surface area contributed by atoms with Crippen molar-refractivity contribution in [1.82, 2.24) is 9.29 Å². The zero-order chi connectivity index (χ0) is 23.2. The summed E-state index contributed by atoms with van der Waals surface area (Å²) in [4.78, 5) is 17.0. The summed E-state index contributed by atoms with van der Waals surface area (Å²) in [6.45, 7) is 1.88. The van der Waals surface area contributed by atoms with Gasteiger partial charge in [0.05, 0.1) is 17.3 Å². The lowest BCUT2D eigenvalue weighted by Crippen LogP contribution is -2.21. The minimum atomic E-state index is -2.48. The summed E-state index contributed by atoms with van der Waals surface area (Å²) in [7, 11) is 1.65. The molecule has 0 saturated heterocycles. The monoisotopic (exact) mass is 492 g/mol. The minimum Gasteiger partial charge on any atom is -0.760 e. The largest absolute Gasteiger partial charge is 0.760 e. The fourth-order valence-corrected chi connectivity index (χ4v) is 4.75. The molecule has 0 spiro atoms. The van der Waals surface area contributed by atoms with Crippen LogP contribution in [0.1, 0.15) is 35.2 Å². The number of nitrogens with one attached hydrogen (secondary N) is 1. The van der Waals surface area contributed by atoms with E-state index in [4.69, 9.17) is 28.2 Å². The predicted molar refractivity (Wildman–Crippen MR) is 123 cm³/mol. The SMILES string of the molecule is CC(NS(=O)[O-])c1cc2c(cc1Cl)C(c1ccc(F)cc1Cl)=NCc1cc(=O)n(C)cc1-2. The van der Waals surface area contributed by atoms with E-state index in [9.17, 15) is 17.9 Å². The Hall–Kier alpha value is -2.36. The van der Waals surface area contributed by atoms with Crippen molar-refractivity contribution in [2.24, 2.45) is 12.0 Å². The zero-order valence-electron chi connectivity index (χ0n) is 17.0. The van der Waals surface area contributed by atoms with E-state index in [1.54, 1.807) is 38.4 Å². The van der Waals surface area contributed by atoms with Gasteiger partial charge in [0.15, 0.2) is 0 Å². The fraction of sp³-hybridized carbons (Fsp3) is 0.182. The van der Waals surface area contributed by atoms with Gasteiger partial charge in [-0.05, 0) is 53.9 Å². The second-order valence-electron chi connectivity index (χ2n) is 7.44. The maximum absolute atomic E-state index is 13.7. The van der Waals surface area contributed by atoms with Gasteiger partial charge in [-0.3, -0.25) is 14.0 Å². The van der Waals surface area contributed by atoms with Crippen molar-refractivity contribution in [2.75, 3.05) is 0 Å². The molecule has 0 aliphatic carbocycles. The second-order valence-corrected chi connectivity index (χ2v) is 8.96. The summed E-state index contributed by atoms with van der Waals surface area (Å²) in [6.07, 6.45) is 1.71. The number of halogens is 3. The molecule has 0 bridgehead atoms. The quantitative estimate of drug-likeness (QED) is 0.551. The van der Waals surface area contributed by atoms with Gasteiger partial charge in [0.1, 0.15) is 5.82 Å². The molecule has 2 unspecified atom stereocenters. The number of fused-ring (bicyclic) bond motifs is 3. The van der Waals surface area contributed by atoms with Crippen LogP contribution in [0.4, 0.5) is 4.39 Å². The highest BCUT2D eigenvalue weighted by Crippen LogP contribution is 2.38. The molecule has 1 aliphatic rings. The average molecular weight is 493 g/mol. The van der Waals surface area contributed by atoms with Crippen molar-refractivity contribution < 1.29 is 13.2 Å². The Morgan fingerprint density at radius 3 is 2.56 bits per heavy atom. The lowest BCUT2D eigenvalue weighted by Gasteiger charge is -2.21. The van der Waals surface area contributed by atoms with Gasteiger partial charge in [0.25, 0.3) is 5.56 Å². The molecule has 2 aromatic carbocycles. The number of nitrogens with zero attached hydrogens (tertiary/aromatic N) is 2. The van der Waals surface area contributed by atoms with E-state index in [0.717, 1.165) is 5.56 Å². The van der Waals surface area contributed by atoms with Crippen LogP contribution in [-0.2, 0) is 24.9 Å². The number of aliphatic imine (C=N–C) groups is 1. The third kappa shape index (κ3) is 4.29. The Morgan fingerprint density at radius 2 is 1.88 bits per heavy atom. The topological polar surface area (TPSA) is 86.5 Å². The number of rotatable bonds is 4. The molecule has 6 nitrogen and oxygen atoms in total. The summed E-state index contributed by atoms with van der Waals surface area (Å²) in [5, 5.41) is 0.515. The molecule has 2 atom stereocenters. The van der Waals surface area contributed by atoms with Gasteiger partial charge >= 0.3 is 0 Å². The third-order valence-corrected chi connectivity index (χ3v) is 6.52. The number of aryl methyl sites for hydroxylation is 1. The summed E-state index contributed by atoms with van der Waals surface area (Å²) < 4.78 is 39.9. The Labute approximate surface area is 196 Å². The van der Waals surface area contributed by atoms with Gasteiger partial charge < -0.3 is 9.12 Å². The van der Waals surface area contributed by atoms with Crippen molar-refractivity contribution in [3.8, 4) is 11.1 Å². The highest BCUT2D eigenvalue weighted by atomic mass is 35.5. The highest BCUT2D eigenvalue weighted by Gasteiger charge is 2.24. The minimum absolute atomic E-state index is 0.185. The highest BCUT2D eigenvalue weighted by molar-refractivity contribution is 7.77. The van der Waals surface area contributed by atoms with Crippen molar-refractivity contribution in [3.63, 3.8) is 0 Å². The van der Waals surface area contributed by atoms with Crippen LogP contribution in [0.3, 0.4) is 0 Å². The lowest BCUT2D eigenvalue weighted by atomic mass is 9.90. The van der Waals surface area contributed by atoms with Gasteiger partial charge in [0, 0.05) is 58.3 Å². The summed E-state index contributed by atoms with van der Waals surface area (Å²) >= 11 is 10.4. The molecular weight excluding hydrogens is 476 g/mol. The van der Waals surface area contributed by atoms with E-state index in [2.05, 4.69) is 4.72 Å². The molecule has 1 N–H and O–H groups in total. The summed E-state index contributed by atoms with van der Waals surface area (Å²) in [5.41, 5.74) is 4.19. The molecule has 166 valence electrons. The van der Waals surface area contributed by atoms with Crippen LogP contribution in [0, 0.1) is 5.82 Å². The van der Waals surface area contributed by atoms with Crippen LogP contribution in [0.2, 0.25) is 10.0 Å².